The van der Waals surface area contributed by atoms with Crippen LogP contribution in [-0.4, -0.2) is 24.2 Å². The van der Waals surface area contributed by atoms with E-state index in [1.807, 2.05) is 86.7 Å². The Morgan fingerprint density at radius 2 is 1.04 bits per heavy atom. The van der Waals surface area contributed by atoms with Gasteiger partial charge in [-0.15, -0.1) is 0 Å². The zero-order chi connectivity index (χ0) is 20.2. The largest absolute Gasteiger partial charge is 0.331 e. The maximum Gasteiger partial charge on any atom is 0.331 e. The Morgan fingerprint density at radius 3 is 1.39 bits per heavy atom. The molecule has 0 fully saturated rings. The fourth-order valence-corrected chi connectivity index (χ4v) is 2.19. The Bertz CT molecular complexity index is 837. The van der Waals surface area contributed by atoms with E-state index < -0.39 is 11.8 Å². The van der Waals surface area contributed by atoms with E-state index in [2.05, 4.69) is 21.1 Å². The van der Waals surface area contributed by atoms with Gasteiger partial charge >= 0.3 is 11.8 Å². The van der Waals surface area contributed by atoms with E-state index in [9.17, 15) is 9.59 Å². The molecular formula is C22H22N4O2. The van der Waals surface area contributed by atoms with Crippen molar-refractivity contribution in [3.8, 4) is 0 Å². The van der Waals surface area contributed by atoms with Crippen LogP contribution in [0.3, 0.4) is 0 Å². The van der Waals surface area contributed by atoms with Crippen LogP contribution in [0.4, 0.5) is 0 Å². The average Bonchev–Trinajstić information content (AvgIpc) is 2.69. The van der Waals surface area contributed by atoms with E-state index in [0.717, 1.165) is 22.3 Å². The van der Waals surface area contributed by atoms with E-state index in [-0.39, 0.29) is 0 Å². The lowest BCUT2D eigenvalue weighted by Gasteiger charge is -1.99. The summed E-state index contributed by atoms with van der Waals surface area (Å²) in [4.78, 5) is 23.4. The van der Waals surface area contributed by atoms with Crippen LogP contribution in [0, 0.1) is 0 Å². The van der Waals surface area contributed by atoms with Crippen molar-refractivity contribution in [3.05, 3.63) is 82.9 Å². The number of amides is 2. The summed E-state index contributed by atoms with van der Waals surface area (Å²) in [7, 11) is 0. The lowest BCUT2D eigenvalue weighted by molar-refractivity contribution is -0.139. The van der Waals surface area contributed by atoms with Crippen LogP contribution in [0.15, 0.2) is 82.0 Å². The van der Waals surface area contributed by atoms with Gasteiger partial charge in [-0.3, -0.25) is 9.59 Å². The van der Waals surface area contributed by atoms with E-state index in [1.54, 1.807) is 0 Å². The van der Waals surface area contributed by atoms with Crippen molar-refractivity contribution in [3.63, 3.8) is 0 Å². The van der Waals surface area contributed by atoms with Gasteiger partial charge in [-0.1, -0.05) is 72.8 Å². The molecule has 0 heterocycles. The quantitative estimate of drug-likeness (QED) is 0.461. The monoisotopic (exact) mass is 374 g/mol. The molecule has 2 aromatic carbocycles. The molecular weight excluding hydrogens is 352 g/mol. The second-order valence-electron chi connectivity index (χ2n) is 6.00. The topological polar surface area (TPSA) is 82.9 Å². The molecule has 0 atom stereocenters. The first-order chi connectivity index (χ1) is 13.5. The first-order valence-electron chi connectivity index (χ1n) is 8.68. The molecule has 6 nitrogen and oxygen atoms in total. The smallest absolute Gasteiger partial charge is 0.262 e. The van der Waals surface area contributed by atoms with Gasteiger partial charge in [-0.2, -0.15) is 10.2 Å². The number of benzene rings is 2. The molecule has 0 saturated carbocycles. The summed E-state index contributed by atoms with van der Waals surface area (Å²) in [5.74, 6) is -1.80. The number of nitrogens with one attached hydrogen (secondary N) is 2. The first-order valence-corrected chi connectivity index (χ1v) is 8.68. The van der Waals surface area contributed by atoms with E-state index in [0.29, 0.717) is 0 Å². The number of nitrogens with zero attached hydrogens (tertiary/aromatic N) is 2. The van der Waals surface area contributed by atoms with Crippen LogP contribution in [0.5, 0.6) is 0 Å². The van der Waals surface area contributed by atoms with Gasteiger partial charge < -0.3 is 0 Å². The highest BCUT2D eigenvalue weighted by atomic mass is 16.2. The predicted octanol–water partition coefficient (Wildman–Crippen LogP) is 3.40. The summed E-state index contributed by atoms with van der Waals surface area (Å²) >= 11 is 0. The van der Waals surface area contributed by atoms with Crippen molar-refractivity contribution < 1.29 is 9.59 Å². The van der Waals surface area contributed by atoms with Crippen molar-refractivity contribution in [1.29, 1.82) is 0 Å². The lowest BCUT2D eigenvalue weighted by atomic mass is 10.1. The number of allylic oxidation sites excluding steroid dienone is 2. The average molecular weight is 374 g/mol. The summed E-state index contributed by atoms with van der Waals surface area (Å²) in [5, 5.41) is 7.54. The van der Waals surface area contributed by atoms with Gasteiger partial charge in [0.2, 0.25) is 0 Å². The van der Waals surface area contributed by atoms with Crippen LogP contribution in [0.2, 0.25) is 0 Å². The number of rotatable bonds is 6. The van der Waals surface area contributed by atoms with Crippen LogP contribution >= 0.6 is 0 Å². The van der Waals surface area contributed by atoms with Gasteiger partial charge in [0.15, 0.2) is 0 Å². The van der Waals surface area contributed by atoms with Gasteiger partial charge in [-0.05, 0) is 36.1 Å². The van der Waals surface area contributed by atoms with Crippen LogP contribution in [0.1, 0.15) is 25.0 Å². The molecule has 2 aromatic rings. The molecule has 0 unspecified atom stereocenters. The van der Waals surface area contributed by atoms with Crippen LogP contribution in [0.25, 0.3) is 12.2 Å². The maximum absolute atomic E-state index is 11.7. The second kappa shape index (κ2) is 11.0. The summed E-state index contributed by atoms with van der Waals surface area (Å²) in [6.07, 6.45) is 6.74. The van der Waals surface area contributed by atoms with Gasteiger partial charge in [0.1, 0.15) is 0 Å². The Balaban J connectivity index is 1.80. The van der Waals surface area contributed by atoms with Gasteiger partial charge in [0.05, 0.1) is 12.4 Å². The third kappa shape index (κ3) is 7.61. The molecule has 2 amide bonds. The minimum atomic E-state index is -0.898. The zero-order valence-corrected chi connectivity index (χ0v) is 15.8. The minimum Gasteiger partial charge on any atom is -0.262 e. The van der Waals surface area contributed by atoms with E-state index >= 15 is 0 Å². The number of carbonyl (C=O) groups is 2. The molecule has 0 aliphatic heterocycles. The Hall–Kier alpha value is -3.80. The molecule has 28 heavy (non-hydrogen) atoms. The number of hydrazone groups is 2. The summed E-state index contributed by atoms with van der Waals surface area (Å²) in [6, 6.07) is 19.4. The third-order valence-electron chi connectivity index (χ3n) is 3.46. The van der Waals surface area contributed by atoms with Gasteiger partial charge in [0.25, 0.3) is 0 Å². The van der Waals surface area contributed by atoms with Crippen molar-refractivity contribution in [2.24, 2.45) is 10.2 Å². The Morgan fingerprint density at radius 1 is 0.679 bits per heavy atom. The normalized spacial score (nSPS) is 12.4. The molecule has 0 aliphatic rings. The van der Waals surface area contributed by atoms with Crippen LogP contribution in [-0.2, 0) is 9.59 Å². The highest BCUT2D eigenvalue weighted by Crippen LogP contribution is 2.05. The Kier molecular flexibility index (Phi) is 8.08. The summed E-state index contributed by atoms with van der Waals surface area (Å²) in [6.45, 7) is 3.68. The SMILES string of the molecule is CC(/C=N\NC(=O)C(=O)N/N=C/C(C)=C\c1ccccc1)=C/c1ccccc1. The van der Waals surface area contributed by atoms with E-state index in [4.69, 9.17) is 0 Å². The molecule has 0 radical (unpaired) electrons. The van der Waals surface area contributed by atoms with Gasteiger partial charge in [0, 0.05) is 0 Å². The highest BCUT2D eigenvalue weighted by Gasteiger charge is 2.10. The zero-order valence-electron chi connectivity index (χ0n) is 15.8. The number of carbonyl (C=O) groups excluding carboxylic acids is 2. The van der Waals surface area contributed by atoms with Gasteiger partial charge in [-0.25, -0.2) is 10.9 Å². The van der Waals surface area contributed by atoms with Crippen molar-refractivity contribution >= 4 is 36.4 Å². The number of hydrogen-bond donors (Lipinski definition) is 2. The molecule has 0 bridgehead atoms. The molecule has 0 saturated heterocycles. The van der Waals surface area contributed by atoms with Crippen molar-refractivity contribution in [2.45, 2.75) is 13.8 Å². The van der Waals surface area contributed by atoms with Crippen molar-refractivity contribution in [2.75, 3.05) is 0 Å². The molecule has 142 valence electrons. The molecule has 0 aliphatic carbocycles. The first kappa shape index (κ1) is 20.5. The predicted molar refractivity (Wildman–Crippen MR) is 113 cm³/mol. The molecule has 2 N–H and O–H groups in total. The minimum absolute atomic E-state index is 0.826. The molecule has 6 heteroatoms. The van der Waals surface area contributed by atoms with E-state index in [1.165, 1.54) is 12.4 Å². The summed E-state index contributed by atoms with van der Waals surface area (Å²) < 4.78 is 0. The fraction of sp³-hybridized carbons (Fsp3) is 0.0909. The van der Waals surface area contributed by atoms with Crippen LogP contribution < -0.4 is 10.9 Å². The molecule has 2 rings (SSSR count). The Labute approximate surface area is 164 Å². The molecule has 0 aromatic heterocycles. The molecule has 0 spiro atoms. The number of hydrogen-bond acceptors (Lipinski definition) is 4. The lowest BCUT2D eigenvalue weighted by Crippen LogP contribution is -2.35. The van der Waals surface area contributed by atoms with Crippen molar-refractivity contribution in [1.82, 2.24) is 10.9 Å². The third-order valence-corrected chi connectivity index (χ3v) is 3.46. The highest BCUT2D eigenvalue weighted by molar-refractivity contribution is 6.35. The fourth-order valence-electron chi connectivity index (χ4n) is 2.19. The summed E-state index contributed by atoms with van der Waals surface area (Å²) in [5.41, 5.74) is 8.02. The maximum atomic E-state index is 11.7. The second-order valence-corrected chi connectivity index (χ2v) is 6.00. The standard InChI is InChI=1S/C22H22N4O2/c1-17(13-19-9-5-3-6-10-19)15-23-25-21(27)22(28)26-24-16-18(2)14-20-11-7-4-8-12-20/h3-16H,1-2H3,(H,25,27)(H,26,28)/b17-13-,18-14-,23-15-,24-16+.